The van der Waals surface area contributed by atoms with E-state index in [1.165, 1.54) is 17.3 Å². The molecule has 0 unspecified atom stereocenters. The first kappa shape index (κ1) is 25.2. The molecule has 0 fully saturated rings. The van der Waals surface area contributed by atoms with Gasteiger partial charge in [-0.1, -0.05) is 90.0 Å². The highest BCUT2D eigenvalue weighted by Crippen LogP contribution is 2.55. The van der Waals surface area contributed by atoms with Crippen LogP contribution in [0.4, 0.5) is 11.4 Å². The fourth-order valence-corrected chi connectivity index (χ4v) is 6.28. The van der Waals surface area contributed by atoms with Gasteiger partial charge in [0.05, 0.1) is 23.7 Å². The summed E-state index contributed by atoms with van der Waals surface area (Å²) in [7, 11) is 0. The molecule has 0 amide bonds. The molecule has 4 aromatic carbocycles. The lowest BCUT2D eigenvalue weighted by molar-refractivity contribution is -0.134. The summed E-state index contributed by atoms with van der Waals surface area (Å²) in [5.41, 5.74) is 6.45. The highest BCUT2D eigenvalue weighted by molar-refractivity contribution is 8.16. The first-order chi connectivity index (χ1) is 19.0. The van der Waals surface area contributed by atoms with Crippen LogP contribution in [-0.4, -0.2) is 23.3 Å². The van der Waals surface area contributed by atoms with Crippen LogP contribution in [0, 0.1) is 6.92 Å². The Labute approximate surface area is 236 Å². The van der Waals surface area contributed by atoms with Crippen molar-refractivity contribution in [2.24, 2.45) is 10.2 Å². The van der Waals surface area contributed by atoms with Crippen molar-refractivity contribution in [3.8, 4) is 0 Å². The van der Waals surface area contributed by atoms with Crippen LogP contribution in [0.15, 0.2) is 113 Å². The fourth-order valence-electron chi connectivity index (χ4n) is 4.81. The number of aryl methyl sites for hydroxylation is 1. The van der Waals surface area contributed by atoms with E-state index in [2.05, 4.69) is 43.3 Å². The molecule has 2 aliphatic heterocycles. The zero-order valence-electron chi connectivity index (χ0n) is 21.4. The first-order valence-electron chi connectivity index (χ1n) is 12.6. The molecule has 1 spiro atoms. The third-order valence-corrected chi connectivity index (χ3v) is 8.09. The predicted molar refractivity (Wildman–Crippen MR) is 159 cm³/mol. The molecule has 0 N–H and O–H groups in total. The van der Waals surface area contributed by atoms with Gasteiger partial charge in [-0.3, -0.25) is 0 Å². The molecular weight excluding hydrogens is 528 g/mol. The molecule has 6 nitrogen and oxygen atoms in total. The number of ether oxygens (including phenoxy) is 1. The summed E-state index contributed by atoms with van der Waals surface area (Å²) in [5, 5.41) is 14.7. The minimum absolute atomic E-state index is 0.238. The minimum Gasteiger partial charge on any atom is -0.461 e. The summed E-state index contributed by atoms with van der Waals surface area (Å²) in [5.74, 6) is -0.481. The van der Waals surface area contributed by atoms with E-state index in [9.17, 15) is 4.79 Å². The average molecular weight is 553 g/mol. The van der Waals surface area contributed by atoms with E-state index < -0.39 is 11.0 Å². The van der Waals surface area contributed by atoms with Crippen molar-refractivity contribution in [1.29, 1.82) is 0 Å². The maximum absolute atomic E-state index is 13.1. The van der Waals surface area contributed by atoms with Gasteiger partial charge in [0.2, 0.25) is 10.0 Å². The number of hydrazone groups is 2. The minimum atomic E-state index is -1.07. The number of nitrogens with zero attached hydrogens (tertiary/aromatic N) is 4. The van der Waals surface area contributed by atoms with Crippen LogP contribution in [0.1, 0.15) is 29.2 Å². The average Bonchev–Trinajstić information content (AvgIpc) is 3.36. The van der Waals surface area contributed by atoms with Gasteiger partial charge < -0.3 is 4.74 Å². The molecular formula is C31H25ClN4O2S. The van der Waals surface area contributed by atoms with Crippen LogP contribution >= 0.6 is 23.4 Å². The molecule has 2 heterocycles. The smallest absolute Gasteiger partial charge is 0.365 e. The second-order valence-electron chi connectivity index (χ2n) is 9.14. The lowest BCUT2D eigenvalue weighted by atomic mass is 9.93. The number of halogens is 1. The Bertz CT molecular complexity index is 1610. The Kier molecular flexibility index (Phi) is 6.62. The number of benzene rings is 4. The second kappa shape index (κ2) is 10.2. The van der Waals surface area contributed by atoms with E-state index >= 15 is 0 Å². The normalized spacial score (nSPS) is 18.0. The monoisotopic (exact) mass is 552 g/mol. The van der Waals surface area contributed by atoms with Gasteiger partial charge in [0.1, 0.15) is 0 Å². The molecule has 1 atom stereocenters. The molecule has 0 radical (unpaired) electrons. The number of para-hydroxylation sites is 1. The van der Waals surface area contributed by atoms with Crippen molar-refractivity contribution < 1.29 is 9.53 Å². The molecule has 6 rings (SSSR count). The molecule has 8 heteroatoms. The van der Waals surface area contributed by atoms with E-state index in [4.69, 9.17) is 26.5 Å². The van der Waals surface area contributed by atoms with Crippen molar-refractivity contribution in [2.45, 2.75) is 18.8 Å². The molecule has 0 saturated heterocycles. The van der Waals surface area contributed by atoms with Gasteiger partial charge in [0, 0.05) is 21.7 Å². The van der Waals surface area contributed by atoms with Crippen LogP contribution in [0.2, 0.25) is 5.02 Å². The summed E-state index contributed by atoms with van der Waals surface area (Å²) in [4.78, 5) is 12.0. The molecule has 0 saturated carbocycles. The third-order valence-electron chi connectivity index (χ3n) is 6.57. The largest absolute Gasteiger partial charge is 0.461 e. The van der Waals surface area contributed by atoms with E-state index in [1.54, 1.807) is 6.92 Å². The van der Waals surface area contributed by atoms with Gasteiger partial charge in [-0.05, 0) is 55.9 Å². The summed E-state index contributed by atoms with van der Waals surface area (Å²) in [6.45, 7) is 4.10. The summed E-state index contributed by atoms with van der Waals surface area (Å²) in [6.07, 6.45) is 0. The standard InChI is InChI=1S/C31H25ClN4O2S/c1-3-38-30(37)29-34-36(25-13-9-10-23(32)20-25)31(39-29)27-15-8-7-14-26(27)28(22-18-16-21(2)17-19-22)33-35(31)24-11-5-4-6-12-24/h4-20H,3H2,1-2H3/t31-/m1/s1. The van der Waals surface area contributed by atoms with Crippen LogP contribution in [0.3, 0.4) is 0 Å². The number of anilines is 2. The van der Waals surface area contributed by atoms with Crippen molar-refractivity contribution in [3.63, 3.8) is 0 Å². The van der Waals surface area contributed by atoms with E-state index in [0.717, 1.165) is 33.8 Å². The Balaban J connectivity index is 1.64. The van der Waals surface area contributed by atoms with Gasteiger partial charge in [0.15, 0.2) is 0 Å². The lowest BCUT2D eigenvalue weighted by Gasteiger charge is -2.47. The maximum Gasteiger partial charge on any atom is 0.365 e. The Morgan fingerprint density at radius 1 is 0.872 bits per heavy atom. The molecule has 39 heavy (non-hydrogen) atoms. The summed E-state index contributed by atoms with van der Waals surface area (Å²) < 4.78 is 5.40. The van der Waals surface area contributed by atoms with Crippen LogP contribution in [-0.2, 0) is 14.5 Å². The number of thioether (sulfide) groups is 1. The SMILES string of the molecule is CCOC(=O)C1=NN(c2cccc(Cl)c2)[C@@]2(S1)c1ccccc1C(c1ccc(C)cc1)=NN2c1ccccc1. The van der Waals surface area contributed by atoms with Gasteiger partial charge in [-0.15, -0.1) is 0 Å². The Morgan fingerprint density at radius 2 is 1.56 bits per heavy atom. The van der Waals surface area contributed by atoms with E-state index in [-0.39, 0.29) is 11.7 Å². The number of hydrogen-bond donors (Lipinski definition) is 0. The van der Waals surface area contributed by atoms with Crippen molar-refractivity contribution in [2.75, 3.05) is 16.6 Å². The zero-order valence-corrected chi connectivity index (χ0v) is 23.0. The Morgan fingerprint density at radius 3 is 2.31 bits per heavy atom. The number of carbonyl (C=O) groups is 1. The number of hydrogen-bond acceptors (Lipinski definition) is 7. The van der Waals surface area contributed by atoms with Gasteiger partial charge in [0.25, 0.3) is 0 Å². The molecule has 194 valence electrons. The van der Waals surface area contributed by atoms with Gasteiger partial charge in [-0.25, -0.2) is 14.8 Å². The zero-order chi connectivity index (χ0) is 27.0. The molecule has 0 aromatic heterocycles. The molecule has 0 aliphatic carbocycles. The van der Waals surface area contributed by atoms with Gasteiger partial charge in [-0.2, -0.15) is 10.2 Å². The molecule has 0 bridgehead atoms. The van der Waals surface area contributed by atoms with E-state index in [0.29, 0.717) is 5.02 Å². The predicted octanol–water partition coefficient (Wildman–Crippen LogP) is 7.16. The molecule has 2 aliphatic rings. The third kappa shape index (κ3) is 4.37. The van der Waals surface area contributed by atoms with Gasteiger partial charge >= 0.3 is 5.97 Å². The maximum atomic E-state index is 13.1. The molecule has 4 aromatic rings. The van der Waals surface area contributed by atoms with Crippen LogP contribution in [0.25, 0.3) is 0 Å². The first-order valence-corrected chi connectivity index (χ1v) is 13.8. The number of fused-ring (bicyclic) bond motifs is 2. The topological polar surface area (TPSA) is 57.5 Å². The quantitative estimate of drug-likeness (QED) is 0.246. The number of carbonyl (C=O) groups excluding carboxylic acids is 1. The summed E-state index contributed by atoms with van der Waals surface area (Å²) >= 11 is 7.77. The van der Waals surface area contributed by atoms with Crippen molar-refractivity contribution >= 4 is 51.5 Å². The highest BCUT2D eigenvalue weighted by Gasteiger charge is 2.56. The van der Waals surface area contributed by atoms with E-state index in [1.807, 2.05) is 76.7 Å². The van der Waals surface area contributed by atoms with Crippen molar-refractivity contribution in [3.05, 3.63) is 130 Å². The van der Waals surface area contributed by atoms with Crippen LogP contribution < -0.4 is 10.0 Å². The second-order valence-corrected chi connectivity index (χ2v) is 10.7. The Hall–Kier alpha value is -4.07. The fraction of sp³-hybridized carbons (Fsp3) is 0.129. The summed E-state index contributed by atoms with van der Waals surface area (Å²) in [6, 6.07) is 33.9. The van der Waals surface area contributed by atoms with Crippen molar-refractivity contribution in [1.82, 2.24) is 0 Å². The lowest BCUT2D eigenvalue weighted by Crippen LogP contribution is -2.54. The highest BCUT2D eigenvalue weighted by atomic mass is 35.5. The number of esters is 1. The van der Waals surface area contributed by atoms with Crippen LogP contribution in [0.5, 0.6) is 0 Å². The number of rotatable bonds is 5.